The van der Waals surface area contributed by atoms with Gasteiger partial charge in [0.2, 0.25) is 0 Å². The highest BCUT2D eigenvalue weighted by molar-refractivity contribution is 14.0. The molecule has 0 fully saturated rings. The van der Waals surface area contributed by atoms with Crippen LogP contribution in [0.1, 0.15) is 37.4 Å². The summed E-state index contributed by atoms with van der Waals surface area (Å²) in [5.74, 6) is 1.12. The van der Waals surface area contributed by atoms with Crippen LogP contribution in [-0.2, 0) is 16.4 Å². The molecule has 22 heavy (non-hydrogen) atoms. The lowest BCUT2D eigenvalue weighted by Crippen LogP contribution is -2.39. The van der Waals surface area contributed by atoms with Gasteiger partial charge in [-0.1, -0.05) is 13.8 Å². The quantitative estimate of drug-likeness (QED) is 0.370. The third-order valence-electron chi connectivity index (χ3n) is 2.64. The molecule has 9 heteroatoms. The predicted octanol–water partition coefficient (Wildman–Crippen LogP) is 1.98. The summed E-state index contributed by atoms with van der Waals surface area (Å²) < 4.78 is 22.2. The van der Waals surface area contributed by atoms with E-state index in [0.29, 0.717) is 25.0 Å². The van der Waals surface area contributed by atoms with Gasteiger partial charge in [-0.25, -0.2) is 18.4 Å². The molecule has 0 aliphatic heterocycles. The van der Waals surface area contributed by atoms with Crippen molar-refractivity contribution < 1.29 is 8.42 Å². The fourth-order valence-electron chi connectivity index (χ4n) is 1.51. The maximum atomic E-state index is 11.1. The van der Waals surface area contributed by atoms with Crippen molar-refractivity contribution in [3.8, 4) is 0 Å². The minimum Gasteiger partial charge on any atom is -0.357 e. The molecule has 1 aromatic rings. The van der Waals surface area contributed by atoms with Gasteiger partial charge in [-0.2, -0.15) is 0 Å². The Morgan fingerprint density at radius 3 is 2.59 bits per heavy atom. The average Bonchev–Trinajstić information content (AvgIpc) is 2.83. The lowest BCUT2D eigenvalue weighted by molar-refractivity contribution is 0.600. The van der Waals surface area contributed by atoms with E-state index in [1.54, 1.807) is 11.3 Å². The van der Waals surface area contributed by atoms with Gasteiger partial charge in [0, 0.05) is 24.7 Å². The number of aliphatic imine (C=N–C) groups is 1. The Morgan fingerprint density at radius 2 is 2.09 bits per heavy atom. The number of halogens is 1. The Kier molecular flexibility index (Phi) is 10.2. The Bertz CT molecular complexity index is 570. The second-order valence-corrected chi connectivity index (χ2v) is 8.28. The molecule has 0 radical (unpaired) electrons. The molecule has 0 saturated heterocycles. The Balaban J connectivity index is 0.00000441. The molecule has 0 aromatic carbocycles. The first-order valence-electron chi connectivity index (χ1n) is 6.96. The van der Waals surface area contributed by atoms with Gasteiger partial charge < -0.3 is 10.6 Å². The summed E-state index contributed by atoms with van der Waals surface area (Å²) in [6.45, 7) is 7.75. The molecule has 0 amide bonds. The van der Waals surface area contributed by atoms with E-state index >= 15 is 0 Å². The minimum absolute atomic E-state index is 0. The largest absolute Gasteiger partial charge is 0.357 e. The van der Waals surface area contributed by atoms with Crippen LogP contribution in [0.2, 0.25) is 0 Å². The Morgan fingerprint density at radius 1 is 1.41 bits per heavy atom. The molecular formula is C13H25IN4O2S2. The molecular weight excluding hydrogens is 435 g/mol. The third-order valence-corrected chi connectivity index (χ3v) is 4.44. The second kappa shape index (κ2) is 10.4. The highest BCUT2D eigenvalue weighted by Crippen LogP contribution is 2.18. The molecule has 0 saturated carbocycles. The molecule has 0 unspecified atom stereocenters. The lowest BCUT2D eigenvalue weighted by atomic mass is 10.2. The van der Waals surface area contributed by atoms with Crippen LogP contribution in [0, 0.1) is 0 Å². The number of nitrogens with one attached hydrogen (secondary N) is 2. The summed E-state index contributed by atoms with van der Waals surface area (Å²) in [5.41, 5.74) is 1.08. The Hall–Kier alpha value is -0.420. The maximum Gasteiger partial charge on any atom is 0.191 e. The normalized spacial score (nSPS) is 12.1. The average molecular weight is 460 g/mol. The monoisotopic (exact) mass is 460 g/mol. The Labute approximate surface area is 154 Å². The number of rotatable bonds is 7. The van der Waals surface area contributed by atoms with E-state index in [0.717, 1.165) is 17.2 Å². The van der Waals surface area contributed by atoms with E-state index in [4.69, 9.17) is 0 Å². The molecule has 0 atom stereocenters. The molecule has 0 aliphatic carbocycles. The van der Waals surface area contributed by atoms with Crippen molar-refractivity contribution >= 4 is 51.1 Å². The van der Waals surface area contributed by atoms with Gasteiger partial charge in [0.15, 0.2) is 5.96 Å². The third kappa shape index (κ3) is 8.89. The molecule has 2 N–H and O–H groups in total. The topological polar surface area (TPSA) is 83.4 Å². The minimum atomic E-state index is -2.96. The van der Waals surface area contributed by atoms with Crippen LogP contribution in [0.3, 0.4) is 0 Å². The maximum absolute atomic E-state index is 11.1. The van der Waals surface area contributed by atoms with Gasteiger partial charge in [-0.15, -0.1) is 35.3 Å². The summed E-state index contributed by atoms with van der Waals surface area (Å²) in [6, 6.07) is 0. The molecule has 0 spiro atoms. The van der Waals surface area contributed by atoms with E-state index in [1.807, 2.05) is 6.92 Å². The van der Waals surface area contributed by atoms with Crippen molar-refractivity contribution in [3.63, 3.8) is 0 Å². The van der Waals surface area contributed by atoms with Crippen LogP contribution in [0.15, 0.2) is 10.4 Å². The number of sulfone groups is 1. The van der Waals surface area contributed by atoms with Crippen molar-refractivity contribution in [3.05, 3.63) is 16.1 Å². The number of hydrogen-bond donors (Lipinski definition) is 2. The molecule has 0 bridgehead atoms. The van der Waals surface area contributed by atoms with Crippen molar-refractivity contribution in [2.45, 2.75) is 33.2 Å². The fraction of sp³-hybridized carbons (Fsp3) is 0.692. The highest BCUT2D eigenvalue weighted by atomic mass is 127. The number of hydrogen-bond acceptors (Lipinski definition) is 5. The van der Waals surface area contributed by atoms with E-state index < -0.39 is 9.84 Å². The van der Waals surface area contributed by atoms with Crippen molar-refractivity contribution in [2.24, 2.45) is 4.99 Å². The molecule has 0 aliphatic rings. The van der Waals surface area contributed by atoms with E-state index in [-0.39, 0.29) is 29.7 Å². The molecule has 1 heterocycles. The molecule has 128 valence electrons. The number of aromatic nitrogens is 1. The lowest BCUT2D eigenvalue weighted by Gasteiger charge is -2.10. The zero-order valence-electron chi connectivity index (χ0n) is 13.4. The van der Waals surface area contributed by atoms with Crippen molar-refractivity contribution in [2.75, 3.05) is 25.1 Å². The van der Waals surface area contributed by atoms with Gasteiger partial charge in [0.1, 0.15) is 14.8 Å². The smallest absolute Gasteiger partial charge is 0.191 e. The summed E-state index contributed by atoms with van der Waals surface area (Å²) in [7, 11) is -2.96. The number of nitrogens with zero attached hydrogens (tertiary/aromatic N) is 2. The zero-order valence-corrected chi connectivity index (χ0v) is 17.4. The standard InChI is InChI=1S/C13H24N4O2S2.HI/c1-5-14-13(15-6-7-21(4,18)19)16-8-12-17-11(9-20-12)10(2)3;/h9-10H,5-8H2,1-4H3,(H2,14,15,16);1H. The highest BCUT2D eigenvalue weighted by Gasteiger charge is 2.06. The van der Waals surface area contributed by atoms with Crippen LogP contribution in [0.4, 0.5) is 0 Å². The van der Waals surface area contributed by atoms with Crippen LogP contribution >= 0.6 is 35.3 Å². The zero-order chi connectivity index (χ0) is 15.9. The number of thiazole rings is 1. The van der Waals surface area contributed by atoms with Gasteiger partial charge in [0.25, 0.3) is 0 Å². The molecule has 6 nitrogen and oxygen atoms in total. The summed E-state index contributed by atoms with van der Waals surface area (Å²) in [6.07, 6.45) is 1.22. The first kappa shape index (κ1) is 21.6. The first-order valence-corrected chi connectivity index (χ1v) is 9.90. The van der Waals surface area contributed by atoms with Gasteiger partial charge in [0.05, 0.1) is 18.0 Å². The summed E-state index contributed by atoms with van der Waals surface area (Å²) in [4.78, 5) is 8.94. The summed E-state index contributed by atoms with van der Waals surface area (Å²) in [5, 5.41) is 9.12. The summed E-state index contributed by atoms with van der Waals surface area (Å²) >= 11 is 1.60. The van der Waals surface area contributed by atoms with Crippen LogP contribution < -0.4 is 10.6 Å². The van der Waals surface area contributed by atoms with Gasteiger partial charge in [-0.3, -0.25) is 0 Å². The van der Waals surface area contributed by atoms with E-state index in [2.05, 4.69) is 39.8 Å². The van der Waals surface area contributed by atoms with Crippen LogP contribution in [-0.4, -0.2) is 44.5 Å². The predicted molar refractivity (Wildman–Crippen MR) is 104 cm³/mol. The fourth-order valence-corrected chi connectivity index (χ4v) is 2.86. The second-order valence-electron chi connectivity index (χ2n) is 5.07. The molecule has 1 rings (SSSR count). The van der Waals surface area contributed by atoms with Gasteiger partial charge in [-0.05, 0) is 12.8 Å². The van der Waals surface area contributed by atoms with Crippen molar-refractivity contribution in [1.82, 2.24) is 15.6 Å². The van der Waals surface area contributed by atoms with Crippen molar-refractivity contribution in [1.29, 1.82) is 0 Å². The van der Waals surface area contributed by atoms with Gasteiger partial charge >= 0.3 is 0 Å². The van der Waals surface area contributed by atoms with E-state index in [1.165, 1.54) is 6.26 Å². The van der Waals surface area contributed by atoms with Crippen LogP contribution in [0.25, 0.3) is 0 Å². The first-order chi connectivity index (χ1) is 9.81. The van der Waals surface area contributed by atoms with E-state index in [9.17, 15) is 8.42 Å². The molecule has 1 aromatic heterocycles. The van der Waals surface area contributed by atoms with Crippen LogP contribution in [0.5, 0.6) is 0 Å². The SMILES string of the molecule is CCNC(=NCc1nc(C(C)C)cs1)NCCS(C)(=O)=O.I. The number of guanidine groups is 1.